The van der Waals surface area contributed by atoms with E-state index in [4.69, 9.17) is 11.6 Å². The average Bonchev–Trinajstić information content (AvgIpc) is 2.60. The Labute approximate surface area is 101 Å². The molecule has 0 radical (unpaired) electrons. The molecule has 84 valence electrons. The Kier molecular flexibility index (Phi) is 2.97. The van der Waals surface area contributed by atoms with Gasteiger partial charge < -0.3 is 5.32 Å². The first-order valence-electron chi connectivity index (χ1n) is 4.27. The van der Waals surface area contributed by atoms with Crippen molar-refractivity contribution in [2.24, 2.45) is 0 Å². The van der Waals surface area contributed by atoms with E-state index in [2.05, 4.69) is 38.1 Å². The monoisotopic (exact) mass is 259 g/mol. The third-order valence-corrected chi connectivity index (χ3v) is 2.21. The molecule has 0 saturated heterocycles. The normalized spacial score (nSPS) is 10.5. The lowest BCUT2D eigenvalue weighted by atomic mass is 10.4. The van der Waals surface area contributed by atoms with Crippen molar-refractivity contribution < 1.29 is 4.39 Å². The fourth-order valence-electron chi connectivity index (χ4n) is 1.10. The van der Waals surface area contributed by atoms with Crippen LogP contribution in [-0.2, 0) is 0 Å². The number of aromatic amines is 1. The highest BCUT2D eigenvalue weighted by Gasteiger charge is 2.12. The number of H-pyrrole nitrogens is 1. The molecule has 5 nitrogen and oxygen atoms in total. The molecular formula is C8H7ClFN5S. The predicted molar refractivity (Wildman–Crippen MR) is 60.9 cm³/mol. The number of halogens is 2. The van der Waals surface area contributed by atoms with Crippen LogP contribution in [0.25, 0.3) is 0 Å². The second kappa shape index (κ2) is 4.26. The van der Waals surface area contributed by atoms with Crippen LogP contribution in [0.3, 0.4) is 0 Å². The molecule has 0 aliphatic heterocycles. The number of anilines is 2. The molecule has 8 heteroatoms. The summed E-state index contributed by atoms with van der Waals surface area (Å²) < 4.78 is 13.5. The van der Waals surface area contributed by atoms with E-state index in [0.717, 1.165) is 5.69 Å². The van der Waals surface area contributed by atoms with Gasteiger partial charge in [-0.2, -0.15) is 9.49 Å². The first kappa shape index (κ1) is 11.2. The standard InChI is InChI=1S/C8H7ClFN5S/c1-3-2-4(15-14-3)11-7-5(10)6(9)12-8(16)13-7/h2H,1H3,(H3,11,12,13,14,15,16). The summed E-state index contributed by atoms with van der Waals surface area (Å²) in [5, 5.41) is 9.05. The topological polar surface area (TPSA) is 66.5 Å². The first-order chi connectivity index (χ1) is 7.56. The summed E-state index contributed by atoms with van der Waals surface area (Å²) in [4.78, 5) is 7.33. The number of nitrogens with zero attached hydrogens (tertiary/aromatic N) is 3. The van der Waals surface area contributed by atoms with Crippen molar-refractivity contribution in [3.8, 4) is 0 Å². The van der Waals surface area contributed by atoms with Gasteiger partial charge in [-0.25, -0.2) is 9.97 Å². The van der Waals surface area contributed by atoms with Gasteiger partial charge in [0.2, 0.25) is 5.82 Å². The molecule has 0 amide bonds. The van der Waals surface area contributed by atoms with Crippen LogP contribution in [-0.4, -0.2) is 20.2 Å². The van der Waals surface area contributed by atoms with Crippen molar-refractivity contribution in [2.45, 2.75) is 12.1 Å². The minimum absolute atomic E-state index is 0.0475. The summed E-state index contributed by atoms with van der Waals surface area (Å²) in [6, 6.07) is 1.70. The van der Waals surface area contributed by atoms with E-state index in [1.165, 1.54) is 0 Å². The number of hydrogen-bond donors (Lipinski definition) is 3. The highest BCUT2D eigenvalue weighted by atomic mass is 35.5. The second-order valence-corrected chi connectivity index (χ2v) is 3.78. The van der Waals surface area contributed by atoms with Gasteiger partial charge in [0.15, 0.2) is 16.1 Å². The zero-order chi connectivity index (χ0) is 11.7. The van der Waals surface area contributed by atoms with Crippen molar-refractivity contribution in [3.05, 3.63) is 22.7 Å². The third-order valence-electron chi connectivity index (χ3n) is 1.76. The van der Waals surface area contributed by atoms with Crippen LogP contribution >= 0.6 is 24.2 Å². The number of thiol groups is 1. The Hall–Kier alpha value is -1.34. The maximum atomic E-state index is 13.5. The van der Waals surface area contributed by atoms with E-state index in [1.807, 2.05) is 0 Å². The second-order valence-electron chi connectivity index (χ2n) is 3.03. The zero-order valence-corrected chi connectivity index (χ0v) is 9.77. The van der Waals surface area contributed by atoms with Gasteiger partial charge >= 0.3 is 0 Å². The summed E-state index contributed by atoms with van der Waals surface area (Å²) in [6.07, 6.45) is 0. The van der Waals surface area contributed by atoms with Gasteiger partial charge in [-0.3, -0.25) is 5.10 Å². The van der Waals surface area contributed by atoms with Crippen LogP contribution in [0.2, 0.25) is 5.15 Å². The fourth-order valence-corrected chi connectivity index (χ4v) is 1.53. The first-order valence-corrected chi connectivity index (χ1v) is 5.10. The zero-order valence-electron chi connectivity index (χ0n) is 8.12. The van der Waals surface area contributed by atoms with E-state index in [9.17, 15) is 4.39 Å². The average molecular weight is 260 g/mol. The molecule has 0 atom stereocenters. The van der Waals surface area contributed by atoms with Gasteiger partial charge in [-0.1, -0.05) is 11.6 Å². The summed E-state index contributed by atoms with van der Waals surface area (Å²) in [7, 11) is 0. The van der Waals surface area contributed by atoms with Crippen LogP contribution < -0.4 is 5.32 Å². The molecule has 0 aromatic carbocycles. The predicted octanol–water partition coefficient (Wildman–Crippen LogP) is 2.33. The van der Waals surface area contributed by atoms with Crippen molar-refractivity contribution in [1.29, 1.82) is 0 Å². The molecule has 0 fully saturated rings. The number of hydrogen-bond acceptors (Lipinski definition) is 5. The van der Waals surface area contributed by atoms with Crippen LogP contribution in [0.15, 0.2) is 11.2 Å². The maximum absolute atomic E-state index is 13.5. The molecule has 2 N–H and O–H groups in total. The molecule has 0 saturated carbocycles. The van der Waals surface area contributed by atoms with E-state index in [1.54, 1.807) is 13.0 Å². The molecule has 2 rings (SSSR count). The van der Waals surface area contributed by atoms with Crippen molar-refractivity contribution in [1.82, 2.24) is 20.2 Å². The number of rotatable bonds is 2. The highest BCUT2D eigenvalue weighted by Crippen LogP contribution is 2.22. The smallest absolute Gasteiger partial charge is 0.203 e. The minimum Gasteiger partial charge on any atom is -0.323 e. The largest absolute Gasteiger partial charge is 0.323 e. The summed E-state index contributed by atoms with van der Waals surface area (Å²) >= 11 is 9.45. The molecule has 0 unspecified atom stereocenters. The van der Waals surface area contributed by atoms with Crippen molar-refractivity contribution in [3.63, 3.8) is 0 Å². The van der Waals surface area contributed by atoms with Crippen LogP contribution in [0.5, 0.6) is 0 Å². The lowest BCUT2D eigenvalue weighted by molar-refractivity contribution is 0.612. The van der Waals surface area contributed by atoms with Crippen LogP contribution in [0.4, 0.5) is 16.0 Å². The van der Waals surface area contributed by atoms with E-state index in [-0.39, 0.29) is 16.1 Å². The number of aromatic nitrogens is 4. The molecule has 0 spiro atoms. The van der Waals surface area contributed by atoms with E-state index in [0.29, 0.717) is 5.82 Å². The van der Waals surface area contributed by atoms with E-state index >= 15 is 0 Å². The Balaban J connectivity index is 2.34. The minimum atomic E-state index is -0.730. The molecular weight excluding hydrogens is 253 g/mol. The molecule has 2 heterocycles. The summed E-state index contributed by atoms with van der Waals surface area (Å²) in [5.74, 6) is -0.265. The number of nitrogens with one attached hydrogen (secondary N) is 2. The SMILES string of the molecule is Cc1cc(Nc2nc(S)nc(Cl)c2F)[nH]n1. The summed E-state index contributed by atoms with van der Waals surface area (Å²) in [5.41, 5.74) is 0.772. The Morgan fingerprint density at radius 3 is 2.88 bits per heavy atom. The van der Waals surface area contributed by atoms with Gasteiger partial charge in [-0.15, -0.1) is 12.6 Å². The lowest BCUT2D eigenvalue weighted by Crippen LogP contribution is -2.00. The van der Waals surface area contributed by atoms with Gasteiger partial charge in [-0.05, 0) is 6.92 Å². The number of aryl methyl sites for hydroxylation is 1. The van der Waals surface area contributed by atoms with Crippen molar-refractivity contribution >= 4 is 35.9 Å². The molecule has 0 bridgehead atoms. The molecule has 0 aliphatic rings. The highest BCUT2D eigenvalue weighted by molar-refractivity contribution is 7.80. The van der Waals surface area contributed by atoms with Gasteiger partial charge in [0.1, 0.15) is 5.82 Å². The molecule has 16 heavy (non-hydrogen) atoms. The van der Waals surface area contributed by atoms with Gasteiger partial charge in [0.25, 0.3) is 0 Å². The quantitative estimate of drug-likeness (QED) is 0.440. The molecule has 2 aromatic heterocycles. The molecule has 2 aromatic rings. The van der Waals surface area contributed by atoms with Crippen molar-refractivity contribution in [2.75, 3.05) is 5.32 Å². The van der Waals surface area contributed by atoms with Crippen LogP contribution in [0.1, 0.15) is 5.69 Å². The lowest BCUT2D eigenvalue weighted by Gasteiger charge is -2.05. The van der Waals surface area contributed by atoms with Gasteiger partial charge in [0.05, 0.1) is 5.69 Å². The molecule has 0 aliphatic carbocycles. The van der Waals surface area contributed by atoms with E-state index < -0.39 is 5.82 Å². The third kappa shape index (κ3) is 2.25. The fraction of sp³-hybridized carbons (Fsp3) is 0.125. The Bertz CT molecular complexity index is 529. The Morgan fingerprint density at radius 1 is 1.50 bits per heavy atom. The van der Waals surface area contributed by atoms with Crippen LogP contribution in [0, 0.1) is 12.7 Å². The Morgan fingerprint density at radius 2 is 2.25 bits per heavy atom. The maximum Gasteiger partial charge on any atom is 0.203 e. The summed E-state index contributed by atoms with van der Waals surface area (Å²) in [6.45, 7) is 1.80. The van der Waals surface area contributed by atoms with Gasteiger partial charge in [0, 0.05) is 6.07 Å².